The molecule has 0 aromatic heterocycles. The Morgan fingerprint density at radius 1 is 0.962 bits per heavy atom. The van der Waals surface area contributed by atoms with E-state index in [1.165, 1.54) is 23.8 Å². The first kappa shape index (κ1) is 18.0. The van der Waals surface area contributed by atoms with E-state index in [1.807, 2.05) is 18.2 Å². The minimum Gasteiger partial charge on any atom is -0.496 e. The summed E-state index contributed by atoms with van der Waals surface area (Å²) in [5.41, 5.74) is 3.99. The van der Waals surface area contributed by atoms with Crippen molar-refractivity contribution in [2.45, 2.75) is 6.42 Å². The second-order valence-electron chi connectivity index (χ2n) is 5.91. The molecule has 3 aromatic carbocycles. The van der Waals surface area contributed by atoms with E-state index in [0.717, 1.165) is 6.42 Å². The number of hydrogen-bond donors (Lipinski definition) is 1. The van der Waals surface area contributed by atoms with Crippen LogP contribution in [0.2, 0.25) is 5.02 Å². The van der Waals surface area contributed by atoms with E-state index in [2.05, 4.69) is 41.7 Å². The Bertz CT molecular complexity index is 876. The van der Waals surface area contributed by atoms with Crippen LogP contribution >= 0.6 is 11.6 Å². The first-order valence-corrected chi connectivity index (χ1v) is 8.81. The van der Waals surface area contributed by atoms with E-state index >= 15 is 0 Å². The van der Waals surface area contributed by atoms with E-state index in [9.17, 15) is 4.79 Å². The van der Waals surface area contributed by atoms with E-state index in [0.29, 0.717) is 22.9 Å². The van der Waals surface area contributed by atoms with E-state index in [4.69, 9.17) is 16.3 Å². The highest BCUT2D eigenvalue weighted by atomic mass is 35.5. The molecule has 0 atom stereocenters. The second kappa shape index (κ2) is 8.54. The highest BCUT2D eigenvalue weighted by Crippen LogP contribution is 2.22. The quantitative estimate of drug-likeness (QED) is 0.668. The summed E-state index contributed by atoms with van der Waals surface area (Å²) in [6, 6.07) is 23.7. The maximum atomic E-state index is 12.4. The number of halogens is 1. The van der Waals surface area contributed by atoms with Gasteiger partial charge in [0.05, 0.1) is 12.7 Å². The lowest BCUT2D eigenvalue weighted by Gasteiger charge is -2.10. The first-order chi connectivity index (χ1) is 12.7. The fourth-order valence-electron chi connectivity index (χ4n) is 2.77. The average molecular weight is 366 g/mol. The molecule has 0 bridgehead atoms. The van der Waals surface area contributed by atoms with Gasteiger partial charge in [-0.3, -0.25) is 4.79 Å². The molecule has 0 aliphatic carbocycles. The molecule has 0 heterocycles. The standard InChI is InChI=1S/C22H20ClNO2/c1-26-21-12-11-19(23)15-20(21)22(25)24-14-13-16-7-9-18(10-8-16)17-5-3-2-4-6-17/h2-12,15H,13-14H2,1H3,(H,24,25). The molecule has 0 fully saturated rings. The topological polar surface area (TPSA) is 38.3 Å². The van der Waals surface area contributed by atoms with Crippen LogP contribution in [0.3, 0.4) is 0 Å². The van der Waals surface area contributed by atoms with Gasteiger partial charge in [0.1, 0.15) is 5.75 Å². The van der Waals surface area contributed by atoms with E-state index < -0.39 is 0 Å². The van der Waals surface area contributed by atoms with Crippen molar-refractivity contribution in [2.24, 2.45) is 0 Å². The summed E-state index contributed by atoms with van der Waals surface area (Å²) in [5, 5.41) is 3.42. The first-order valence-electron chi connectivity index (χ1n) is 8.43. The van der Waals surface area contributed by atoms with Gasteiger partial charge in [-0.2, -0.15) is 0 Å². The second-order valence-corrected chi connectivity index (χ2v) is 6.35. The van der Waals surface area contributed by atoms with Crippen LogP contribution in [0.25, 0.3) is 11.1 Å². The van der Waals surface area contributed by atoms with Crippen molar-refractivity contribution in [3.63, 3.8) is 0 Å². The number of ether oxygens (including phenoxy) is 1. The van der Waals surface area contributed by atoms with E-state index in [1.54, 1.807) is 18.2 Å². The van der Waals surface area contributed by atoms with Crippen molar-refractivity contribution in [3.8, 4) is 16.9 Å². The summed E-state index contributed by atoms with van der Waals surface area (Å²) in [6.07, 6.45) is 0.754. The predicted octanol–water partition coefficient (Wildman–Crippen LogP) is 4.99. The number of nitrogens with one attached hydrogen (secondary N) is 1. The minimum atomic E-state index is -0.190. The molecule has 0 aliphatic rings. The lowest BCUT2D eigenvalue weighted by Crippen LogP contribution is -2.26. The number of amides is 1. The van der Waals surface area contributed by atoms with Crippen LogP contribution in [0.5, 0.6) is 5.75 Å². The minimum absolute atomic E-state index is 0.190. The largest absolute Gasteiger partial charge is 0.496 e. The zero-order valence-corrected chi connectivity index (χ0v) is 15.3. The molecule has 0 saturated carbocycles. The molecule has 1 N–H and O–H groups in total. The van der Waals surface area contributed by atoms with Crippen LogP contribution < -0.4 is 10.1 Å². The normalized spacial score (nSPS) is 10.4. The van der Waals surface area contributed by atoms with Gasteiger partial charge in [0.15, 0.2) is 0 Å². The number of carbonyl (C=O) groups is 1. The van der Waals surface area contributed by atoms with E-state index in [-0.39, 0.29) is 5.91 Å². The van der Waals surface area contributed by atoms with Crippen LogP contribution in [-0.2, 0) is 6.42 Å². The molecule has 3 nitrogen and oxygen atoms in total. The van der Waals surface area contributed by atoms with Crippen LogP contribution in [0, 0.1) is 0 Å². The van der Waals surface area contributed by atoms with Crippen molar-refractivity contribution < 1.29 is 9.53 Å². The molecule has 0 unspecified atom stereocenters. The Morgan fingerprint density at radius 3 is 2.35 bits per heavy atom. The molecule has 132 valence electrons. The highest BCUT2D eigenvalue weighted by Gasteiger charge is 2.12. The molecule has 26 heavy (non-hydrogen) atoms. The SMILES string of the molecule is COc1ccc(Cl)cc1C(=O)NCCc1ccc(-c2ccccc2)cc1. The van der Waals surface area contributed by atoms with Gasteiger partial charge in [-0.25, -0.2) is 0 Å². The molecule has 0 radical (unpaired) electrons. The summed E-state index contributed by atoms with van der Waals surface area (Å²) in [5.74, 6) is 0.323. The molecule has 0 aliphatic heterocycles. The Labute approximate surface area is 158 Å². The molecule has 0 saturated heterocycles. The maximum Gasteiger partial charge on any atom is 0.255 e. The Balaban J connectivity index is 1.58. The number of methoxy groups -OCH3 is 1. The molecule has 4 heteroatoms. The van der Waals surface area contributed by atoms with Gasteiger partial charge in [0.25, 0.3) is 5.91 Å². The number of benzene rings is 3. The summed E-state index contributed by atoms with van der Waals surface area (Å²) in [6.45, 7) is 0.541. The van der Waals surface area contributed by atoms with Gasteiger partial charge in [0, 0.05) is 11.6 Å². The average Bonchev–Trinajstić information content (AvgIpc) is 2.69. The summed E-state index contributed by atoms with van der Waals surface area (Å²) in [4.78, 5) is 12.4. The van der Waals surface area contributed by atoms with Crippen molar-refractivity contribution in [3.05, 3.63) is 88.9 Å². The van der Waals surface area contributed by atoms with Gasteiger partial charge in [-0.1, -0.05) is 66.2 Å². The number of carbonyl (C=O) groups excluding carboxylic acids is 1. The number of rotatable bonds is 6. The smallest absolute Gasteiger partial charge is 0.255 e. The third kappa shape index (κ3) is 4.44. The van der Waals surface area contributed by atoms with Gasteiger partial charge >= 0.3 is 0 Å². The molecule has 3 rings (SSSR count). The van der Waals surface area contributed by atoms with Crippen molar-refractivity contribution in [2.75, 3.05) is 13.7 Å². The zero-order chi connectivity index (χ0) is 18.4. The third-order valence-electron chi connectivity index (χ3n) is 4.17. The molecular formula is C22H20ClNO2. The summed E-state index contributed by atoms with van der Waals surface area (Å²) >= 11 is 5.98. The lowest BCUT2D eigenvalue weighted by molar-refractivity contribution is 0.0951. The molecule has 1 amide bonds. The number of hydrogen-bond acceptors (Lipinski definition) is 2. The van der Waals surface area contributed by atoms with Gasteiger partial charge in [0.2, 0.25) is 0 Å². The lowest BCUT2D eigenvalue weighted by atomic mass is 10.0. The van der Waals surface area contributed by atoms with Crippen LogP contribution in [0.15, 0.2) is 72.8 Å². The van der Waals surface area contributed by atoms with Gasteiger partial charge in [-0.05, 0) is 41.3 Å². The Kier molecular flexibility index (Phi) is 5.92. The highest BCUT2D eigenvalue weighted by molar-refractivity contribution is 6.31. The fraction of sp³-hybridized carbons (Fsp3) is 0.136. The van der Waals surface area contributed by atoms with Crippen molar-refractivity contribution in [1.29, 1.82) is 0 Å². The zero-order valence-electron chi connectivity index (χ0n) is 14.5. The Hall–Kier alpha value is -2.78. The van der Waals surface area contributed by atoms with Gasteiger partial charge in [-0.15, -0.1) is 0 Å². The predicted molar refractivity (Wildman–Crippen MR) is 106 cm³/mol. The van der Waals surface area contributed by atoms with Crippen LogP contribution in [-0.4, -0.2) is 19.6 Å². The maximum absolute atomic E-state index is 12.4. The molecular weight excluding hydrogens is 346 g/mol. The third-order valence-corrected chi connectivity index (χ3v) is 4.40. The summed E-state index contributed by atoms with van der Waals surface area (Å²) in [7, 11) is 1.54. The van der Waals surface area contributed by atoms with Crippen molar-refractivity contribution in [1.82, 2.24) is 5.32 Å². The molecule has 3 aromatic rings. The monoisotopic (exact) mass is 365 g/mol. The van der Waals surface area contributed by atoms with Crippen LogP contribution in [0.4, 0.5) is 0 Å². The van der Waals surface area contributed by atoms with Crippen molar-refractivity contribution >= 4 is 17.5 Å². The fourth-order valence-corrected chi connectivity index (χ4v) is 2.94. The summed E-state index contributed by atoms with van der Waals surface area (Å²) < 4.78 is 5.22. The molecule has 0 spiro atoms. The van der Waals surface area contributed by atoms with Crippen LogP contribution in [0.1, 0.15) is 15.9 Å². The van der Waals surface area contributed by atoms with Gasteiger partial charge < -0.3 is 10.1 Å². The Morgan fingerprint density at radius 2 is 1.65 bits per heavy atom.